The molecule has 0 spiro atoms. The first-order valence-corrected chi connectivity index (χ1v) is 12.1. The van der Waals surface area contributed by atoms with Crippen molar-refractivity contribution in [1.29, 1.82) is 0 Å². The predicted molar refractivity (Wildman–Crippen MR) is 141 cm³/mol. The Morgan fingerprint density at radius 2 is 1.76 bits per heavy atom. The largest absolute Gasteiger partial charge is 0.372 e. The molecule has 0 aliphatic heterocycles. The minimum Gasteiger partial charge on any atom is -0.372 e. The Bertz CT molecular complexity index is 1350. The van der Waals surface area contributed by atoms with Gasteiger partial charge in [0.25, 0.3) is 11.5 Å². The van der Waals surface area contributed by atoms with Crippen LogP contribution in [0.2, 0.25) is 0 Å². The summed E-state index contributed by atoms with van der Waals surface area (Å²) < 4.78 is 3.61. The number of fused-ring (bicyclic) bond motifs is 3. The van der Waals surface area contributed by atoms with Gasteiger partial charge in [0.1, 0.15) is 5.52 Å². The standard InChI is InChI=1S/C28H34N4O2/c1-5-31(21-12-7-6-8-13-21)17-11-16-29-27(33)23-19-32(18-20(2)3)28(34)26-25(23)22-14-9-10-15-24(22)30(26)4/h6-10,12-15,19-20H,5,11,16-18H2,1-4H3,(H,29,33). The van der Waals surface area contributed by atoms with Crippen molar-refractivity contribution in [2.45, 2.75) is 33.7 Å². The van der Waals surface area contributed by atoms with Crippen LogP contribution in [0.3, 0.4) is 0 Å². The molecule has 0 saturated heterocycles. The second-order valence-electron chi connectivity index (χ2n) is 9.22. The number of carbonyl (C=O) groups excluding carboxylic acids is 1. The molecule has 2 heterocycles. The van der Waals surface area contributed by atoms with Crippen LogP contribution in [0, 0.1) is 5.92 Å². The van der Waals surface area contributed by atoms with Crippen molar-refractivity contribution in [3.05, 3.63) is 76.7 Å². The maximum atomic E-state index is 13.4. The van der Waals surface area contributed by atoms with E-state index in [4.69, 9.17) is 0 Å². The normalized spacial score (nSPS) is 11.4. The van der Waals surface area contributed by atoms with Gasteiger partial charge in [-0.05, 0) is 37.5 Å². The van der Waals surface area contributed by atoms with Crippen molar-refractivity contribution >= 4 is 33.4 Å². The van der Waals surface area contributed by atoms with E-state index in [1.165, 1.54) is 5.69 Å². The van der Waals surface area contributed by atoms with Crippen molar-refractivity contribution in [2.24, 2.45) is 13.0 Å². The van der Waals surface area contributed by atoms with Gasteiger partial charge in [-0.3, -0.25) is 9.59 Å². The van der Waals surface area contributed by atoms with Crippen LogP contribution >= 0.6 is 0 Å². The van der Waals surface area contributed by atoms with E-state index in [9.17, 15) is 9.59 Å². The monoisotopic (exact) mass is 458 g/mol. The molecule has 0 fully saturated rings. The summed E-state index contributed by atoms with van der Waals surface area (Å²) >= 11 is 0. The lowest BCUT2D eigenvalue weighted by atomic mass is 10.1. The van der Waals surface area contributed by atoms with Crippen molar-refractivity contribution in [3.63, 3.8) is 0 Å². The summed E-state index contributed by atoms with van der Waals surface area (Å²) in [6, 6.07) is 18.2. The maximum Gasteiger partial charge on any atom is 0.275 e. The summed E-state index contributed by atoms with van der Waals surface area (Å²) in [5, 5.41) is 4.77. The molecule has 0 aliphatic rings. The first kappa shape index (κ1) is 23.6. The highest BCUT2D eigenvalue weighted by molar-refractivity contribution is 6.17. The van der Waals surface area contributed by atoms with Gasteiger partial charge in [-0.25, -0.2) is 0 Å². The number of carbonyl (C=O) groups is 1. The SMILES string of the molecule is CCN(CCCNC(=O)c1cn(CC(C)C)c(=O)c2c1c1ccccc1n2C)c1ccccc1. The van der Waals surface area contributed by atoms with Gasteiger partial charge in [-0.15, -0.1) is 0 Å². The van der Waals surface area contributed by atoms with E-state index < -0.39 is 0 Å². The van der Waals surface area contributed by atoms with Crippen molar-refractivity contribution in [1.82, 2.24) is 14.5 Å². The maximum absolute atomic E-state index is 13.4. The molecule has 2 aromatic heterocycles. The Hall–Kier alpha value is -3.54. The van der Waals surface area contributed by atoms with Crippen LogP contribution in [0.15, 0.2) is 65.6 Å². The molecule has 178 valence electrons. The third kappa shape index (κ3) is 4.58. The van der Waals surface area contributed by atoms with E-state index in [-0.39, 0.29) is 11.5 Å². The number of aryl methyl sites for hydroxylation is 1. The van der Waals surface area contributed by atoms with E-state index in [1.807, 2.05) is 54.1 Å². The highest BCUT2D eigenvalue weighted by Crippen LogP contribution is 2.29. The van der Waals surface area contributed by atoms with Gasteiger partial charge < -0.3 is 19.4 Å². The average molecular weight is 459 g/mol. The number of para-hydroxylation sites is 2. The number of aromatic nitrogens is 2. The highest BCUT2D eigenvalue weighted by atomic mass is 16.2. The van der Waals surface area contributed by atoms with E-state index in [1.54, 1.807) is 10.8 Å². The summed E-state index contributed by atoms with van der Waals surface area (Å²) in [7, 11) is 1.90. The lowest BCUT2D eigenvalue weighted by molar-refractivity contribution is 0.0954. The highest BCUT2D eigenvalue weighted by Gasteiger charge is 2.21. The molecule has 0 saturated carbocycles. The summed E-state index contributed by atoms with van der Waals surface area (Å²) in [6.07, 6.45) is 2.58. The van der Waals surface area contributed by atoms with E-state index >= 15 is 0 Å². The van der Waals surface area contributed by atoms with Crippen LogP contribution in [-0.4, -0.2) is 34.7 Å². The van der Waals surface area contributed by atoms with Gasteiger partial charge in [0, 0.05) is 61.4 Å². The molecule has 0 bridgehead atoms. The second-order valence-corrected chi connectivity index (χ2v) is 9.22. The fourth-order valence-corrected chi connectivity index (χ4v) is 4.71. The molecule has 0 unspecified atom stereocenters. The van der Waals surface area contributed by atoms with Crippen LogP contribution in [0.4, 0.5) is 5.69 Å². The number of nitrogens with one attached hydrogen (secondary N) is 1. The van der Waals surface area contributed by atoms with Crippen molar-refractivity contribution in [3.8, 4) is 0 Å². The quantitative estimate of drug-likeness (QED) is 0.367. The number of hydrogen-bond donors (Lipinski definition) is 1. The smallest absolute Gasteiger partial charge is 0.275 e. The topological polar surface area (TPSA) is 59.3 Å². The Balaban J connectivity index is 1.61. The first-order chi connectivity index (χ1) is 16.4. The molecule has 0 atom stereocenters. The molecule has 2 aromatic carbocycles. The Morgan fingerprint density at radius 3 is 2.47 bits per heavy atom. The Morgan fingerprint density at radius 1 is 1.06 bits per heavy atom. The lowest BCUT2D eigenvalue weighted by Gasteiger charge is -2.23. The molecule has 6 nitrogen and oxygen atoms in total. The number of anilines is 1. The van der Waals surface area contributed by atoms with Gasteiger partial charge in [0.2, 0.25) is 0 Å². The Labute approximate surface area is 200 Å². The zero-order valence-corrected chi connectivity index (χ0v) is 20.5. The molecule has 34 heavy (non-hydrogen) atoms. The molecule has 4 rings (SSSR count). The minimum atomic E-state index is -0.137. The van der Waals surface area contributed by atoms with Crippen LogP contribution in [-0.2, 0) is 13.6 Å². The number of rotatable bonds is 9. The van der Waals surface area contributed by atoms with E-state index in [0.29, 0.717) is 30.1 Å². The van der Waals surface area contributed by atoms with Crippen LogP contribution in [0.5, 0.6) is 0 Å². The fraction of sp³-hybridized carbons (Fsp3) is 0.357. The molecular formula is C28H34N4O2. The van der Waals surface area contributed by atoms with Crippen molar-refractivity contribution in [2.75, 3.05) is 24.5 Å². The van der Waals surface area contributed by atoms with Gasteiger partial charge >= 0.3 is 0 Å². The van der Waals surface area contributed by atoms with Crippen LogP contribution in [0.25, 0.3) is 21.8 Å². The molecule has 6 heteroatoms. The number of amides is 1. The van der Waals surface area contributed by atoms with Crippen LogP contribution < -0.4 is 15.8 Å². The van der Waals surface area contributed by atoms with E-state index in [2.05, 4.69) is 43.1 Å². The summed E-state index contributed by atoms with van der Waals surface area (Å²) in [5.41, 5.74) is 3.22. The third-order valence-corrected chi connectivity index (χ3v) is 6.32. The molecule has 0 radical (unpaired) electrons. The van der Waals surface area contributed by atoms with E-state index in [0.717, 1.165) is 35.8 Å². The number of pyridine rings is 1. The molecule has 4 aromatic rings. The summed E-state index contributed by atoms with van der Waals surface area (Å²) in [5.74, 6) is 0.153. The predicted octanol–water partition coefficient (Wildman–Crippen LogP) is 4.80. The fourth-order valence-electron chi connectivity index (χ4n) is 4.71. The molecule has 1 N–H and O–H groups in total. The van der Waals surface area contributed by atoms with Crippen molar-refractivity contribution < 1.29 is 4.79 Å². The zero-order chi connectivity index (χ0) is 24.2. The summed E-state index contributed by atoms with van der Waals surface area (Å²) in [6.45, 7) is 9.19. The average Bonchev–Trinajstić information content (AvgIpc) is 3.14. The van der Waals surface area contributed by atoms with Crippen LogP contribution in [0.1, 0.15) is 37.6 Å². The van der Waals surface area contributed by atoms with Gasteiger partial charge in [-0.1, -0.05) is 50.2 Å². The first-order valence-electron chi connectivity index (χ1n) is 12.1. The second kappa shape index (κ2) is 10.2. The lowest BCUT2D eigenvalue weighted by Crippen LogP contribution is -2.31. The molecule has 0 aliphatic carbocycles. The molecular weight excluding hydrogens is 424 g/mol. The number of benzene rings is 2. The van der Waals surface area contributed by atoms with Gasteiger partial charge in [0.15, 0.2) is 0 Å². The number of nitrogens with zero attached hydrogens (tertiary/aromatic N) is 3. The molecule has 1 amide bonds. The van der Waals surface area contributed by atoms with Gasteiger partial charge in [0.05, 0.1) is 5.56 Å². The Kier molecular flexibility index (Phi) is 7.06. The third-order valence-electron chi connectivity index (χ3n) is 6.32. The number of hydrogen-bond acceptors (Lipinski definition) is 3. The zero-order valence-electron chi connectivity index (χ0n) is 20.5. The minimum absolute atomic E-state index is 0.0552. The summed E-state index contributed by atoms with van der Waals surface area (Å²) in [4.78, 5) is 29.0. The van der Waals surface area contributed by atoms with Gasteiger partial charge in [-0.2, -0.15) is 0 Å².